The lowest BCUT2D eigenvalue weighted by molar-refractivity contribution is 0.669. The maximum Gasteiger partial charge on any atom is 0.137 e. The van der Waals surface area contributed by atoms with Crippen molar-refractivity contribution in [2.24, 2.45) is 0 Å². The van der Waals surface area contributed by atoms with Crippen LogP contribution in [-0.2, 0) is 0 Å². The number of para-hydroxylation sites is 1. The molecular weight excluding hydrogens is 398 g/mol. The highest BCUT2D eigenvalue weighted by Crippen LogP contribution is 2.38. The molecule has 0 amide bonds. The number of aromatic nitrogens is 1. The number of furan rings is 1. The van der Waals surface area contributed by atoms with Gasteiger partial charge in [0, 0.05) is 26.1 Å². The van der Waals surface area contributed by atoms with E-state index in [9.17, 15) is 0 Å². The summed E-state index contributed by atoms with van der Waals surface area (Å²) in [5, 5.41) is 4.77. The topological polar surface area (TPSA) is 28.9 Å². The number of H-pyrrole nitrogens is 1. The molecule has 4 aromatic carbocycles. The van der Waals surface area contributed by atoms with Crippen LogP contribution in [0.5, 0.6) is 0 Å². The van der Waals surface area contributed by atoms with Gasteiger partial charge in [-0.15, -0.1) is 0 Å². The van der Waals surface area contributed by atoms with Gasteiger partial charge in [-0.05, 0) is 53.6 Å². The molecule has 1 N–H and O–H groups in total. The van der Waals surface area contributed by atoms with Crippen LogP contribution in [0.1, 0.15) is 0 Å². The summed E-state index contributed by atoms with van der Waals surface area (Å²) in [5.74, 6) is 0. The normalized spacial score (nSPS) is 11.9. The molecule has 0 aliphatic carbocycles. The molecule has 0 fully saturated rings. The van der Waals surface area contributed by atoms with Crippen molar-refractivity contribution in [1.29, 1.82) is 0 Å². The van der Waals surface area contributed by atoms with Gasteiger partial charge >= 0.3 is 0 Å². The molecule has 6 aromatic rings. The van der Waals surface area contributed by atoms with Crippen molar-refractivity contribution in [1.82, 2.24) is 4.98 Å². The van der Waals surface area contributed by atoms with Crippen molar-refractivity contribution in [2.75, 3.05) is 0 Å². The Balaban J connectivity index is 1.69. The van der Waals surface area contributed by atoms with Gasteiger partial charge in [-0.1, -0.05) is 52.3 Å². The third kappa shape index (κ3) is 2.18. The Morgan fingerprint density at radius 2 is 1.48 bits per heavy atom. The molecule has 128 valence electrons. The molecule has 0 aliphatic heterocycles. The summed E-state index contributed by atoms with van der Waals surface area (Å²) in [7, 11) is 0. The monoisotopic (exact) mass is 411 g/mol. The number of hydrogen-bond donors (Lipinski definition) is 1. The summed E-state index contributed by atoms with van der Waals surface area (Å²) < 4.78 is 7.13. The Kier molecular flexibility index (Phi) is 3.06. The molecule has 2 nitrogen and oxygen atoms in total. The van der Waals surface area contributed by atoms with Crippen molar-refractivity contribution in [3.63, 3.8) is 0 Å². The van der Waals surface area contributed by atoms with Crippen LogP contribution in [0.2, 0.25) is 0 Å². The van der Waals surface area contributed by atoms with Crippen LogP contribution in [-0.4, -0.2) is 4.98 Å². The molecule has 0 spiro atoms. The van der Waals surface area contributed by atoms with Gasteiger partial charge in [0.15, 0.2) is 0 Å². The summed E-state index contributed by atoms with van der Waals surface area (Å²) in [4.78, 5) is 3.62. The summed E-state index contributed by atoms with van der Waals surface area (Å²) in [6.45, 7) is 0. The van der Waals surface area contributed by atoms with E-state index in [2.05, 4.69) is 87.6 Å². The number of nitrogens with one attached hydrogen (secondary N) is 1. The Labute approximate surface area is 163 Å². The minimum absolute atomic E-state index is 0.920. The molecule has 2 heterocycles. The van der Waals surface area contributed by atoms with Crippen LogP contribution in [0.3, 0.4) is 0 Å². The molecule has 0 saturated heterocycles. The highest BCUT2D eigenvalue weighted by Gasteiger charge is 2.14. The maximum atomic E-state index is 6.04. The van der Waals surface area contributed by atoms with Crippen molar-refractivity contribution >= 4 is 59.7 Å². The van der Waals surface area contributed by atoms with Crippen molar-refractivity contribution in [2.45, 2.75) is 0 Å². The van der Waals surface area contributed by atoms with Crippen LogP contribution >= 0.6 is 15.9 Å². The summed E-state index contributed by atoms with van der Waals surface area (Å²) in [6, 6.07) is 27.5. The molecule has 6 rings (SSSR count). The number of benzene rings is 4. The van der Waals surface area contributed by atoms with E-state index in [0.29, 0.717) is 0 Å². The zero-order valence-electron chi connectivity index (χ0n) is 14.3. The number of hydrogen-bond acceptors (Lipinski definition) is 1. The highest BCUT2D eigenvalue weighted by atomic mass is 79.9. The van der Waals surface area contributed by atoms with Crippen LogP contribution in [0.4, 0.5) is 0 Å². The molecule has 0 aliphatic rings. The van der Waals surface area contributed by atoms with Crippen LogP contribution in [0.25, 0.3) is 54.9 Å². The first-order valence-corrected chi connectivity index (χ1v) is 9.69. The predicted octanol–water partition coefficient (Wildman–Crippen LogP) is 7.65. The van der Waals surface area contributed by atoms with E-state index >= 15 is 0 Å². The molecule has 2 aromatic heterocycles. The van der Waals surface area contributed by atoms with Crippen LogP contribution < -0.4 is 0 Å². The van der Waals surface area contributed by atoms with Crippen LogP contribution in [0.15, 0.2) is 87.8 Å². The van der Waals surface area contributed by atoms with E-state index < -0.39 is 0 Å². The standard InChI is InChI=1S/C24H14BrNO/c25-16-8-5-14(6-9-16)15-7-11-20-19(13-15)17-10-12-22-23(24(17)26-20)18-3-1-2-4-21(18)27-22/h1-13,26H. The largest absolute Gasteiger partial charge is 0.456 e. The minimum Gasteiger partial charge on any atom is -0.456 e. The Bertz CT molecular complexity index is 1470. The Hall–Kier alpha value is -3.04. The first kappa shape index (κ1) is 15.1. The molecular formula is C24H14BrNO. The number of rotatable bonds is 1. The second-order valence-electron chi connectivity index (χ2n) is 6.85. The fourth-order valence-corrected chi connectivity index (χ4v) is 4.27. The van der Waals surface area contributed by atoms with Gasteiger partial charge in [-0.25, -0.2) is 0 Å². The van der Waals surface area contributed by atoms with Crippen molar-refractivity contribution < 1.29 is 4.42 Å². The van der Waals surface area contributed by atoms with E-state index in [1.54, 1.807) is 0 Å². The van der Waals surface area contributed by atoms with Crippen LogP contribution in [0, 0.1) is 0 Å². The smallest absolute Gasteiger partial charge is 0.137 e. The zero-order valence-corrected chi connectivity index (χ0v) is 15.9. The Morgan fingerprint density at radius 3 is 2.37 bits per heavy atom. The second-order valence-corrected chi connectivity index (χ2v) is 7.77. The van der Waals surface area contributed by atoms with E-state index in [0.717, 1.165) is 37.4 Å². The molecule has 27 heavy (non-hydrogen) atoms. The predicted molar refractivity (Wildman–Crippen MR) is 116 cm³/mol. The van der Waals surface area contributed by atoms with Crippen molar-refractivity contribution in [3.05, 3.63) is 83.3 Å². The van der Waals surface area contributed by atoms with E-state index in [4.69, 9.17) is 4.42 Å². The molecule has 0 bridgehead atoms. The molecule has 0 saturated carbocycles. The van der Waals surface area contributed by atoms with Gasteiger partial charge < -0.3 is 9.40 Å². The minimum atomic E-state index is 0.920. The van der Waals surface area contributed by atoms with Gasteiger partial charge in [0.1, 0.15) is 11.2 Å². The average molecular weight is 412 g/mol. The number of halogens is 1. The molecule has 0 atom stereocenters. The maximum absolute atomic E-state index is 6.04. The molecule has 0 unspecified atom stereocenters. The zero-order chi connectivity index (χ0) is 18.0. The third-order valence-electron chi connectivity index (χ3n) is 5.29. The number of fused-ring (bicyclic) bond motifs is 7. The average Bonchev–Trinajstić information content (AvgIpc) is 3.25. The lowest BCUT2D eigenvalue weighted by Crippen LogP contribution is -1.77. The lowest BCUT2D eigenvalue weighted by atomic mass is 10.0. The first-order valence-electron chi connectivity index (χ1n) is 8.89. The third-order valence-corrected chi connectivity index (χ3v) is 5.82. The SMILES string of the molecule is Brc1ccc(-c2ccc3[nH]c4c(ccc5oc6ccccc6c54)c3c2)cc1. The quantitative estimate of drug-likeness (QED) is 0.295. The first-order chi connectivity index (χ1) is 13.3. The second kappa shape index (κ2) is 5.48. The fourth-order valence-electron chi connectivity index (χ4n) is 4.00. The van der Waals surface area contributed by atoms with Gasteiger partial charge in [0.25, 0.3) is 0 Å². The van der Waals surface area contributed by atoms with Gasteiger partial charge in [-0.2, -0.15) is 0 Å². The van der Waals surface area contributed by atoms with Gasteiger partial charge in [0.05, 0.1) is 10.9 Å². The summed E-state index contributed by atoms with van der Waals surface area (Å²) in [5.41, 5.74) is 6.55. The molecule has 0 radical (unpaired) electrons. The summed E-state index contributed by atoms with van der Waals surface area (Å²) >= 11 is 3.51. The number of aromatic amines is 1. The highest BCUT2D eigenvalue weighted by molar-refractivity contribution is 9.10. The van der Waals surface area contributed by atoms with Gasteiger partial charge in [-0.3, -0.25) is 0 Å². The molecule has 3 heteroatoms. The van der Waals surface area contributed by atoms with E-state index in [-0.39, 0.29) is 0 Å². The van der Waals surface area contributed by atoms with Crippen molar-refractivity contribution in [3.8, 4) is 11.1 Å². The van der Waals surface area contributed by atoms with E-state index in [1.165, 1.54) is 21.9 Å². The van der Waals surface area contributed by atoms with Gasteiger partial charge in [0.2, 0.25) is 0 Å². The van der Waals surface area contributed by atoms with E-state index in [1.807, 2.05) is 12.1 Å². The Morgan fingerprint density at radius 1 is 0.667 bits per heavy atom. The fraction of sp³-hybridized carbons (Fsp3) is 0. The lowest BCUT2D eigenvalue weighted by Gasteiger charge is -2.02. The summed E-state index contributed by atoms with van der Waals surface area (Å²) in [6.07, 6.45) is 0.